The summed E-state index contributed by atoms with van der Waals surface area (Å²) in [6.45, 7) is 0. The minimum Gasteiger partial charge on any atom is -0.476 e. The first-order valence-corrected chi connectivity index (χ1v) is 4.25. The third-order valence-electron chi connectivity index (χ3n) is 1.34. The van der Waals surface area contributed by atoms with Crippen molar-refractivity contribution < 1.29 is 19.0 Å². The van der Waals surface area contributed by atoms with Crippen LogP contribution in [0.4, 0.5) is 4.39 Å². The smallest absolute Gasteiger partial charge is 0.378 e. The number of carboxylic acids is 1. The molecule has 0 aliphatic carbocycles. The van der Waals surface area contributed by atoms with E-state index in [1.54, 1.807) is 0 Å². The van der Waals surface area contributed by atoms with E-state index < -0.39 is 12.3 Å². The first-order valence-electron chi connectivity index (χ1n) is 3.50. The average molecular weight is 239 g/mol. The molecule has 14 heavy (non-hydrogen) atoms. The van der Waals surface area contributed by atoms with Crippen LogP contribution in [0.2, 0.25) is 10.0 Å². The molecule has 0 bridgehead atoms. The lowest BCUT2D eigenvalue weighted by Gasteiger charge is -2.09. The molecule has 3 nitrogen and oxygen atoms in total. The number of halogens is 3. The number of hydrogen-bond acceptors (Lipinski definition) is 2. The highest BCUT2D eigenvalue weighted by molar-refractivity contribution is 6.42. The Bertz CT molecular complexity index is 356. The van der Waals surface area contributed by atoms with E-state index >= 15 is 0 Å². The van der Waals surface area contributed by atoms with Crippen molar-refractivity contribution in [3.8, 4) is 5.75 Å². The molecule has 1 unspecified atom stereocenters. The number of rotatable bonds is 3. The van der Waals surface area contributed by atoms with Crippen molar-refractivity contribution in [3.05, 3.63) is 28.2 Å². The minimum atomic E-state index is -2.45. The Kier molecular flexibility index (Phi) is 3.55. The molecule has 0 radical (unpaired) electrons. The summed E-state index contributed by atoms with van der Waals surface area (Å²) in [7, 11) is 0. The number of hydrogen-bond donors (Lipinski definition) is 1. The van der Waals surface area contributed by atoms with Gasteiger partial charge in [-0.05, 0) is 12.1 Å². The molecule has 76 valence electrons. The summed E-state index contributed by atoms with van der Waals surface area (Å²) >= 11 is 11.2. The third kappa shape index (κ3) is 2.49. The maximum Gasteiger partial charge on any atom is 0.378 e. The molecular weight excluding hydrogens is 234 g/mol. The highest BCUT2D eigenvalue weighted by Crippen LogP contribution is 2.32. The van der Waals surface area contributed by atoms with Crippen LogP contribution in [-0.2, 0) is 4.79 Å². The van der Waals surface area contributed by atoms with Crippen LogP contribution in [0.25, 0.3) is 0 Å². The normalized spacial score (nSPS) is 12.2. The molecule has 0 aliphatic heterocycles. The van der Waals surface area contributed by atoms with E-state index in [2.05, 4.69) is 4.74 Å². The molecular formula is C8H5Cl2FO3. The van der Waals surface area contributed by atoms with Crippen LogP contribution in [0.5, 0.6) is 5.75 Å². The van der Waals surface area contributed by atoms with Gasteiger partial charge in [0.2, 0.25) is 0 Å². The highest BCUT2D eigenvalue weighted by atomic mass is 35.5. The molecule has 0 fully saturated rings. The maximum absolute atomic E-state index is 12.6. The number of ether oxygens (including phenoxy) is 1. The van der Waals surface area contributed by atoms with E-state index in [1.165, 1.54) is 18.2 Å². The first-order chi connectivity index (χ1) is 6.52. The van der Waals surface area contributed by atoms with Crippen LogP contribution < -0.4 is 4.74 Å². The highest BCUT2D eigenvalue weighted by Gasteiger charge is 2.19. The summed E-state index contributed by atoms with van der Waals surface area (Å²) in [5.41, 5.74) is 0. The van der Waals surface area contributed by atoms with E-state index in [0.717, 1.165) is 0 Å². The van der Waals surface area contributed by atoms with Gasteiger partial charge in [-0.3, -0.25) is 0 Å². The van der Waals surface area contributed by atoms with Gasteiger partial charge in [0.1, 0.15) is 10.8 Å². The largest absolute Gasteiger partial charge is 0.476 e. The van der Waals surface area contributed by atoms with Gasteiger partial charge in [0, 0.05) is 0 Å². The SMILES string of the molecule is O=C(O)C(F)Oc1cccc(Cl)c1Cl. The van der Waals surface area contributed by atoms with Crippen molar-refractivity contribution in [2.45, 2.75) is 6.36 Å². The van der Waals surface area contributed by atoms with Gasteiger partial charge in [0.15, 0.2) is 0 Å². The zero-order valence-corrected chi connectivity index (χ0v) is 8.22. The third-order valence-corrected chi connectivity index (χ3v) is 2.14. The lowest BCUT2D eigenvalue weighted by molar-refractivity contribution is -0.153. The van der Waals surface area contributed by atoms with Gasteiger partial charge in [0.05, 0.1) is 5.02 Å². The minimum absolute atomic E-state index is 0.0157. The Morgan fingerprint density at radius 3 is 2.71 bits per heavy atom. The van der Waals surface area contributed by atoms with Gasteiger partial charge in [-0.2, -0.15) is 4.39 Å². The quantitative estimate of drug-likeness (QED) is 0.881. The molecule has 1 atom stereocenters. The zero-order valence-electron chi connectivity index (χ0n) is 6.71. The van der Waals surface area contributed by atoms with Crippen molar-refractivity contribution in [1.82, 2.24) is 0 Å². The van der Waals surface area contributed by atoms with Crippen molar-refractivity contribution in [2.24, 2.45) is 0 Å². The van der Waals surface area contributed by atoms with E-state index in [1.807, 2.05) is 0 Å². The second-order valence-electron chi connectivity index (χ2n) is 2.32. The molecule has 0 spiro atoms. The van der Waals surface area contributed by atoms with Crippen LogP contribution in [0, 0.1) is 0 Å². The van der Waals surface area contributed by atoms with E-state index in [0.29, 0.717) is 0 Å². The molecule has 1 aromatic carbocycles. The molecule has 1 rings (SSSR count). The number of carboxylic acid groups (broad SMARTS) is 1. The molecule has 0 aliphatic rings. The van der Waals surface area contributed by atoms with Crippen LogP contribution in [0.1, 0.15) is 0 Å². The predicted octanol–water partition coefficient (Wildman–Crippen LogP) is 2.75. The number of aliphatic carboxylic acids is 1. The number of alkyl halides is 1. The second kappa shape index (κ2) is 4.48. The van der Waals surface area contributed by atoms with Gasteiger partial charge in [-0.15, -0.1) is 0 Å². The van der Waals surface area contributed by atoms with Crippen molar-refractivity contribution >= 4 is 29.2 Å². The summed E-state index contributed by atoms with van der Waals surface area (Å²) in [6, 6.07) is 4.27. The van der Waals surface area contributed by atoms with Gasteiger partial charge >= 0.3 is 12.3 Å². The average Bonchev–Trinajstić information content (AvgIpc) is 2.12. The summed E-state index contributed by atoms with van der Waals surface area (Å²) < 4.78 is 17.0. The van der Waals surface area contributed by atoms with Gasteiger partial charge in [-0.1, -0.05) is 29.3 Å². The van der Waals surface area contributed by atoms with Gasteiger partial charge in [0.25, 0.3) is 0 Å². The molecule has 0 amide bonds. The number of carbonyl (C=O) groups is 1. The van der Waals surface area contributed by atoms with Crippen molar-refractivity contribution in [3.63, 3.8) is 0 Å². The summed E-state index contributed by atoms with van der Waals surface area (Å²) in [6.07, 6.45) is -2.45. The number of benzene rings is 1. The fourth-order valence-electron chi connectivity index (χ4n) is 0.737. The molecule has 6 heteroatoms. The fourth-order valence-corrected chi connectivity index (χ4v) is 1.07. The van der Waals surface area contributed by atoms with Gasteiger partial charge in [-0.25, -0.2) is 4.79 Å². The van der Waals surface area contributed by atoms with Crippen LogP contribution in [0.15, 0.2) is 18.2 Å². The van der Waals surface area contributed by atoms with Crippen molar-refractivity contribution in [1.29, 1.82) is 0 Å². The van der Waals surface area contributed by atoms with E-state index in [-0.39, 0.29) is 15.8 Å². The molecule has 0 heterocycles. The Hall–Kier alpha value is -1.000. The summed E-state index contributed by atoms with van der Waals surface area (Å²) in [4.78, 5) is 10.1. The van der Waals surface area contributed by atoms with Gasteiger partial charge < -0.3 is 9.84 Å². The Balaban J connectivity index is 2.87. The maximum atomic E-state index is 12.6. The lowest BCUT2D eigenvalue weighted by Crippen LogP contribution is -2.21. The predicted molar refractivity (Wildman–Crippen MR) is 49.6 cm³/mol. The first kappa shape index (κ1) is 11.1. The molecule has 1 aromatic rings. The van der Waals surface area contributed by atoms with E-state index in [9.17, 15) is 9.18 Å². The Labute approximate surface area is 89.0 Å². The fraction of sp³-hybridized carbons (Fsp3) is 0.125. The second-order valence-corrected chi connectivity index (χ2v) is 3.11. The summed E-state index contributed by atoms with van der Waals surface area (Å²) in [5, 5.41) is 8.38. The Morgan fingerprint density at radius 2 is 2.14 bits per heavy atom. The topological polar surface area (TPSA) is 46.5 Å². The van der Waals surface area contributed by atoms with Crippen LogP contribution in [-0.4, -0.2) is 17.4 Å². The zero-order chi connectivity index (χ0) is 10.7. The van der Waals surface area contributed by atoms with E-state index in [4.69, 9.17) is 28.3 Å². The summed E-state index contributed by atoms with van der Waals surface area (Å²) in [5.74, 6) is -1.82. The molecule has 1 N–H and O–H groups in total. The van der Waals surface area contributed by atoms with Crippen LogP contribution in [0.3, 0.4) is 0 Å². The molecule has 0 saturated carbocycles. The lowest BCUT2D eigenvalue weighted by atomic mass is 10.3. The monoisotopic (exact) mass is 238 g/mol. The molecule has 0 aromatic heterocycles. The Morgan fingerprint density at radius 1 is 1.50 bits per heavy atom. The molecule has 0 saturated heterocycles. The van der Waals surface area contributed by atoms with Crippen LogP contribution >= 0.6 is 23.2 Å². The standard InChI is InChI=1S/C8H5Cl2FO3/c9-4-2-1-3-5(6(4)10)14-7(11)8(12)13/h1-3,7H,(H,12,13). The van der Waals surface area contributed by atoms with Crippen molar-refractivity contribution in [2.75, 3.05) is 0 Å².